The Morgan fingerprint density at radius 2 is 1.90 bits per heavy atom. The smallest absolute Gasteiger partial charge is 0.427 e. The molecule has 2 aliphatic rings. The number of hydrogen-bond donors (Lipinski definition) is 8. The number of alkyl halides is 3. The summed E-state index contributed by atoms with van der Waals surface area (Å²) < 4.78 is 58.4. The third kappa shape index (κ3) is 7.53. The van der Waals surface area contributed by atoms with Gasteiger partial charge in [0.05, 0.1) is 16.1 Å². The van der Waals surface area contributed by atoms with Gasteiger partial charge in [0.25, 0.3) is 0 Å². The second-order valence-electron chi connectivity index (χ2n) is 9.36. The average molecular weight is 620 g/mol. The van der Waals surface area contributed by atoms with Gasteiger partial charge in [-0.2, -0.15) is 13.2 Å². The number of phenolic OH excluding ortho intramolecular Hbond substituents is 1. The van der Waals surface area contributed by atoms with E-state index in [1.165, 1.54) is 0 Å². The Morgan fingerprint density at radius 3 is 2.48 bits per heavy atom. The van der Waals surface area contributed by atoms with Crippen LogP contribution in [0.3, 0.4) is 0 Å². The lowest BCUT2D eigenvalue weighted by molar-refractivity contribution is -0.179. The topological polar surface area (TPSA) is 220 Å². The van der Waals surface area contributed by atoms with Crippen molar-refractivity contribution in [2.45, 2.75) is 54.4 Å². The number of rotatable bonds is 11. The Labute approximate surface area is 239 Å². The molecule has 3 atom stereocenters. The van der Waals surface area contributed by atoms with E-state index in [4.69, 9.17) is 15.9 Å². The van der Waals surface area contributed by atoms with E-state index in [1.807, 2.05) is 11.2 Å². The number of carbonyl (C=O) groups is 5. The molecule has 42 heavy (non-hydrogen) atoms. The Hall–Kier alpha value is -4.24. The summed E-state index contributed by atoms with van der Waals surface area (Å²) in [7, 11) is 0. The van der Waals surface area contributed by atoms with Crippen LogP contribution in [0.2, 0.25) is 0 Å². The number of benzene rings is 1. The van der Waals surface area contributed by atoms with Crippen LogP contribution in [-0.2, 0) is 24.7 Å². The van der Waals surface area contributed by atoms with Gasteiger partial charge in [-0.25, -0.2) is 9.18 Å². The SMILES string of the molecule is N[C@@H](CCC(=O)N[C@@H](CSc1cc2c(c(F)c1O)[C@@](C#CC1CC1)(C(F)(F)F)NC(=O)N2)C(=O)NCC(=O)O)C(=O)O. The van der Waals surface area contributed by atoms with Crippen molar-refractivity contribution in [3.05, 3.63) is 17.4 Å². The lowest BCUT2D eigenvalue weighted by Crippen LogP contribution is -2.59. The number of thioether (sulfide) groups is 1. The number of aliphatic carboxylic acids is 2. The first kappa shape index (κ1) is 32.3. The van der Waals surface area contributed by atoms with Gasteiger partial charge in [-0.15, -0.1) is 11.8 Å². The predicted molar refractivity (Wildman–Crippen MR) is 137 cm³/mol. The minimum absolute atomic E-state index is 0.313. The van der Waals surface area contributed by atoms with Crippen molar-refractivity contribution in [1.29, 1.82) is 0 Å². The van der Waals surface area contributed by atoms with Crippen LogP contribution in [0.4, 0.5) is 28.0 Å². The fourth-order valence-electron chi connectivity index (χ4n) is 3.71. The van der Waals surface area contributed by atoms with Crippen LogP contribution in [0.1, 0.15) is 31.2 Å². The maximum atomic E-state index is 15.5. The maximum Gasteiger partial charge on any atom is 0.427 e. The highest BCUT2D eigenvalue weighted by molar-refractivity contribution is 7.99. The summed E-state index contributed by atoms with van der Waals surface area (Å²) in [6.07, 6.45) is -4.99. The number of nitrogens with two attached hydrogens (primary N) is 1. The van der Waals surface area contributed by atoms with Gasteiger partial charge in [0.2, 0.25) is 17.4 Å². The van der Waals surface area contributed by atoms with E-state index in [0.717, 1.165) is 6.07 Å². The second kappa shape index (κ2) is 12.7. The summed E-state index contributed by atoms with van der Waals surface area (Å²) in [6.45, 7) is -0.848. The zero-order valence-corrected chi connectivity index (χ0v) is 22.2. The third-order valence-electron chi connectivity index (χ3n) is 6.07. The zero-order valence-electron chi connectivity index (χ0n) is 21.4. The van der Waals surface area contributed by atoms with Crippen LogP contribution in [0.15, 0.2) is 11.0 Å². The monoisotopic (exact) mass is 619 g/mol. The molecule has 1 fully saturated rings. The Morgan fingerprint density at radius 1 is 1.24 bits per heavy atom. The third-order valence-corrected chi connectivity index (χ3v) is 7.19. The van der Waals surface area contributed by atoms with E-state index in [1.54, 1.807) is 5.32 Å². The number of anilines is 1. The number of amides is 4. The van der Waals surface area contributed by atoms with Crippen LogP contribution < -0.4 is 27.0 Å². The van der Waals surface area contributed by atoms with Gasteiger partial charge in [0, 0.05) is 18.1 Å². The number of aromatic hydroxyl groups is 1. The van der Waals surface area contributed by atoms with Gasteiger partial charge < -0.3 is 42.3 Å². The van der Waals surface area contributed by atoms with Crippen molar-refractivity contribution in [2.24, 2.45) is 11.7 Å². The van der Waals surface area contributed by atoms with Crippen molar-refractivity contribution in [2.75, 3.05) is 17.6 Å². The summed E-state index contributed by atoms with van der Waals surface area (Å²) in [5.74, 6) is -4.23. The number of nitrogens with one attached hydrogen (secondary N) is 4. The van der Waals surface area contributed by atoms with Crippen molar-refractivity contribution in [1.82, 2.24) is 16.0 Å². The molecule has 0 bridgehead atoms. The molecule has 18 heteroatoms. The number of halogens is 4. The molecule has 3 rings (SSSR count). The minimum Gasteiger partial charge on any atom is -0.504 e. The van der Waals surface area contributed by atoms with Crippen molar-refractivity contribution < 1.29 is 56.9 Å². The molecule has 1 saturated carbocycles. The van der Waals surface area contributed by atoms with Gasteiger partial charge in [-0.3, -0.25) is 19.2 Å². The lowest BCUT2D eigenvalue weighted by Gasteiger charge is -2.37. The molecule has 1 heterocycles. The fourth-order valence-corrected chi connectivity index (χ4v) is 4.72. The number of urea groups is 1. The number of carbonyl (C=O) groups excluding carboxylic acids is 3. The lowest BCUT2D eigenvalue weighted by atomic mass is 9.85. The van der Waals surface area contributed by atoms with Gasteiger partial charge in [-0.05, 0) is 25.3 Å². The van der Waals surface area contributed by atoms with Crippen LogP contribution in [0.5, 0.6) is 5.75 Å². The highest BCUT2D eigenvalue weighted by atomic mass is 32.2. The molecule has 13 nitrogen and oxygen atoms in total. The van der Waals surface area contributed by atoms with Crippen molar-refractivity contribution in [3.63, 3.8) is 0 Å². The molecule has 1 aliphatic carbocycles. The Balaban J connectivity index is 1.91. The molecular formula is C24H25F4N5O8S. The molecular weight excluding hydrogens is 594 g/mol. The highest BCUT2D eigenvalue weighted by Crippen LogP contribution is 2.49. The molecule has 9 N–H and O–H groups in total. The minimum atomic E-state index is -5.30. The molecule has 0 spiro atoms. The van der Waals surface area contributed by atoms with Crippen molar-refractivity contribution >= 4 is 47.2 Å². The highest BCUT2D eigenvalue weighted by Gasteiger charge is 2.61. The molecule has 4 amide bonds. The molecule has 0 saturated heterocycles. The quantitative estimate of drug-likeness (QED) is 0.0754. The van der Waals surface area contributed by atoms with Crippen LogP contribution in [-0.4, -0.2) is 75.7 Å². The zero-order chi connectivity index (χ0) is 31.4. The van der Waals surface area contributed by atoms with Crippen molar-refractivity contribution in [3.8, 4) is 17.6 Å². The van der Waals surface area contributed by atoms with Crippen LogP contribution >= 0.6 is 11.8 Å². The number of phenols is 1. The number of carboxylic acids is 2. The predicted octanol–water partition coefficient (Wildman–Crippen LogP) is 0.807. The molecule has 0 aromatic heterocycles. The molecule has 228 valence electrons. The molecule has 1 aromatic rings. The number of fused-ring (bicyclic) bond motifs is 1. The Bertz CT molecular complexity index is 1360. The summed E-state index contributed by atoms with van der Waals surface area (Å²) in [6, 6.07) is -3.42. The average Bonchev–Trinajstić information content (AvgIpc) is 3.73. The largest absolute Gasteiger partial charge is 0.504 e. The van der Waals surface area contributed by atoms with E-state index >= 15 is 4.39 Å². The molecule has 0 radical (unpaired) electrons. The molecule has 1 aliphatic heterocycles. The van der Waals surface area contributed by atoms with Crippen LogP contribution in [0, 0.1) is 23.6 Å². The van der Waals surface area contributed by atoms with Gasteiger partial charge in [0.15, 0.2) is 11.6 Å². The molecule has 0 unspecified atom stereocenters. The second-order valence-corrected chi connectivity index (χ2v) is 10.4. The summed E-state index contributed by atoms with van der Waals surface area (Å²) in [4.78, 5) is 58.4. The number of carboxylic acid groups (broad SMARTS) is 2. The van der Waals surface area contributed by atoms with Gasteiger partial charge in [-0.1, -0.05) is 11.8 Å². The first-order valence-corrected chi connectivity index (χ1v) is 13.2. The van der Waals surface area contributed by atoms with Gasteiger partial charge >= 0.3 is 24.1 Å². The van der Waals surface area contributed by atoms with Crippen LogP contribution in [0.25, 0.3) is 0 Å². The van der Waals surface area contributed by atoms with E-state index in [-0.39, 0.29) is 12.3 Å². The van der Waals surface area contributed by atoms with E-state index in [0.29, 0.717) is 24.6 Å². The first-order valence-electron chi connectivity index (χ1n) is 12.2. The Kier molecular flexibility index (Phi) is 9.79. The summed E-state index contributed by atoms with van der Waals surface area (Å²) in [5, 5.41) is 36.1. The van der Waals surface area contributed by atoms with E-state index in [9.17, 15) is 42.3 Å². The fraction of sp³-hybridized carbons (Fsp3) is 0.458. The number of hydrogen-bond acceptors (Lipinski definition) is 8. The molecule has 1 aromatic carbocycles. The van der Waals surface area contributed by atoms with E-state index in [2.05, 4.69) is 16.6 Å². The maximum absolute atomic E-state index is 15.5. The van der Waals surface area contributed by atoms with Gasteiger partial charge in [0.1, 0.15) is 18.6 Å². The standard InChI is InChI=1S/C24H25F4N5O8S/c25-18-17-12(32-22(41)33-23(17,24(26,27)28)6-5-10-1-2-10)7-14(19(18)37)42-9-13(20(38)30-8-16(35)36)31-15(34)4-3-11(29)21(39)40/h7,10-11,13,37H,1-4,8-9,29H2,(H,30,38)(H,31,34)(H,35,36)(H,39,40)(H2,32,33,41)/t11-,13-,23-/m0/s1. The summed E-state index contributed by atoms with van der Waals surface area (Å²) in [5.41, 5.74) is 0.0566. The normalized spacial score (nSPS) is 19.1. The first-order chi connectivity index (χ1) is 19.6. The summed E-state index contributed by atoms with van der Waals surface area (Å²) >= 11 is 0.492. The van der Waals surface area contributed by atoms with E-state index < -0.39 is 100 Å².